The van der Waals surface area contributed by atoms with Gasteiger partial charge in [0.05, 0.1) is 30.1 Å². The van der Waals surface area contributed by atoms with Gasteiger partial charge >= 0.3 is 6.61 Å². The molecule has 2 aromatic carbocycles. The Kier molecular flexibility index (Phi) is 6.20. The van der Waals surface area contributed by atoms with Gasteiger partial charge < -0.3 is 20.1 Å². The highest BCUT2D eigenvalue weighted by Gasteiger charge is 2.12. The fraction of sp³-hybridized carbons (Fsp3) is 0.188. The number of para-hydroxylation sites is 3. The molecule has 0 aliphatic rings. The standard InChI is InChI=1S/C16H15ClF2N2O3/c1-23-15-10(17)5-4-7-12(15)20-9-14(22)21-11-6-2-3-8-13(11)24-16(18)19/h2-8,16,20H,9H2,1H3,(H,21,22). The molecule has 0 aliphatic carbocycles. The quantitative estimate of drug-likeness (QED) is 0.787. The highest BCUT2D eigenvalue weighted by Crippen LogP contribution is 2.32. The summed E-state index contributed by atoms with van der Waals surface area (Å²) in [4.78, 5) is 12.0. The molecule has 5 nitrogen and oxygen atoms in total. The summed E-state index contributed by atoms with van der Waals surface area (Å²) in [6, 6.07) is 11.0. The van der Waals surface area contributed by atoms with Crippen LogP contribution in [0.2, 0.25) is 5.02 Å². The summed E-state index contributed by atoms with van der Waals surface area (Å²) in [5.74, 6) is -0.142. The van der Waals surface area contributed by atoms with Gasteiger partial charge in [0.2, 0.25) is 5.91 Å². The first kappa shape index (κ1) is 17.8. The molecular formula is C16H15ClF2N2O3. The van der Waals surface area contributed by atoms with Crippen LogP contribution in [0.25, 0.3) is 0 Å². The van der Waals surface area contributed by atoms with E-state index in [0.29, 0.717) is 16.5 Å². The molecule has 0 fully saturated rings. The third-order valence-electron chi connectivity index (χ3n) is 2.99. The van der Waals surface area contributed by atoms with Crippen molar-refractivity contribution in [3.05, 3.63) is 47.5 Å². The zero-order chi connectivity index (χ0) is 17.5. The van der Waals surface area contributed by atoms with Gasteiger partial charge in [-0.3, -0.25) is 4.79 Å². The number of ether oxygens (including phenoxy) is 2. The Bertz CT molecular complexity index is 713. The second kappa shape index (κ2) is 8.35. The maximum Gasteiger partial charge on any atom is 0.387 e. The Morgan fingerprint density at radius 2 is 1.88 bits per heavy atom. The molecule has 0 unspecified atom stereocenters. The minimum atomic E-state index is -2.98. The van der Waals surface area contributed by atoms with E-state index in [9.17, 15) is 13.6 Å². The summed E-state index contributed by atoms with van der Waals surface area (Å²) < 4.78 is 34.2. The van der Waals surface area contributed by atoms with Gasteiger partial charge in [-0.1, -0.05) is 29.8 Å². The van der Waals surface area contributed by atoms with E-state index in [1.807, 2.05) is 0 Å². The van der Waals surface area contributed by atoms with Crippen LogP contribution >= 0.6 is 11.6 Å². The Hall–Kier alpha value is -2.54. The first-order valence-electron chi connectivity index (χ1n) is 6.91. The zero-order valence-corrected chi connectivity index (χ0v) is 13.4. The molecule has 0 saturated carbocycles. The van der Waals surface area contributed by atoms with E-state index in [1.165, 1.54) is 25.3 Å². The fourth-order valence-corrected chi connectivity index (χ4v) is 2.25. The highest BCUT2D eigenvalue weighted by molar-refractivity contribution is 6.32. The van der Waals surface area contributed by atoms with Crippen LogP contribution in [0, 0.1) is 0 Å². The number of halogens is 3. The second-order valence-electron chi connectivity index (χ2n) is 4.60. The number of amides is 1. The predicted octanol–water partition coefficient (Wildman–Crippen LogP) is 4.00. The highest BCUT2D eigenvalue weighted by atomic mass is 35.5. The zero-order valence-electron chi connectivity index (χ0n) is 12.7. The van der Waals surface area contributed by atoms with E-state index in [1.54, 1.807) is 24.3 Å². The average Bonchev–Trinajstić information content (AvgIpc) is 2.54. The number of hydrogen-bond acceptors (Lipinski definition) is 4. The van der Waals surface area contributed by atoms with Crippen molar-refractivity contribution in [2.75, 3.05) is 24.3 Å². The van der Waals surface area contributed by atoms with E-state index in [-0.39, 0.29) is 18.0 Å². The summed E-state index contributed by atoms with van der Waals surface area (Å²) in [6.45, 7) is -3.09. The molecule has 2 aromatic rings. The lowest BCUT2D eigenvalue weighted by molar-refractivity contribution is -0.114. The summed E-state index contributed by atoms with van der Waals surface area (Å²) in [5.41, 5.74) is 0.694. The minimum Gasteiger partial charge on any atom is -0.493 e. The number of rotatable bonds is 7. The average molecular weight is 357 g/mol. The summed E-state index contributed by atoms with van der Waals surface area (Å²) in [5, 5.41) is 5.78. The number of methoxy groups -OCH3 is 1. The van der Waals surface area contributed by atoms with Gasteiger partial charge in [0.25, 0.3) is 0 Å². The monoisotopic (exact) mass is 356 g/mol. The first-order chi connectivity index (χ1) is 11.5. The number of alkyl halides is 2. The smallest absolute Gasteiger partial charge is 0.387 e. The Balaban J connectivity index is 2.01. The van der Waals surface area contributed by atoms with E-state index in [0.717, 1.165) is 0 Å². The van der Waals surface area contributed by atoms with Gasteiger partial charge in [-0.2, -0.15) is 8.78 Å². The molecule has 2 rings (SSSR count). The van der Waals surface area contributed by atoms with Crippen molar-refractivity contribution in [1.29, 1.82) is 0 Å². The van der Waals surface area contributed by atoms with Gasteiger partial charge in [0.1, 0.15) is 5.75 Å². The maximum absolute atomic E-state index is 12.4. The number of carbonyl (C=O) groups is 1. The number of carbonyl (C=O) groups excluding carboxylic acids is 1. The van der Waals surface area contributed by atoms with E-state index >= 15 is 0 Å². The molecule has 0 heterocycles. The predicted molar refractivity (Wildman–Crippen MR) is 88.2 cm³/mol. The molecule has 0 spiro atoms. The van der Waals surface area contributed by atoms with E-state index in [2.05, 4.69) is 15.4 Å². The van der Waals surface area contributed by atoms with Crippen LogP contribution in [-0.4, -0.2) is 26.2 Å². The molecular weight excluding hydrogens is 342 g/mol. The Morgan fingerprint density at radius 1 is 1.17 bits per heavy atom. The topological polar surface area (TPSA) is 59.6 Å². The van der Waals surface area contributed by atoms with Crippen LogP contribution in [0.5, 0.6) is 11.5 Å². The van der Waals surface area contributed by atoms with Crippen LogP contribution in [0.1, 0.15) is 0 Å². The lowest BCUT2D eigenvalue weighted by Gasteiger charge is -2.14. The minimum absolute atomic E-state index is 0.110. The van der Waals surface area contributed by atoms with Crippen molar-refractivity contribution in [1.82, 2.24) is 0 Å². The number of anilines is 2. The van der Waals surface area contributed by atoms with E-state index < -0.39 is 12.5 Å². The first-order valence-corrected chi connectivity index (χ1v) is 7.29. The molecule has 0 aromatic heterocycles. The fourth-order valence-electron chi connectivity index (χ4n) is 1.99. The van der Waals surface area contributed by atoms with Gasteiger partial charge in [0.15, 0.2) is 5.75 Å². The van der Waals surface area contributed by atoms with Crippen molar-refractivity contribution < 1.29 is 23.0 Å². The van der Waals surface area contributed by atoms with Crippen molar-refractivity contribution >= 4 is 28.9 Å². The Morgan fingerprint density at radius 3 is 2.58 bits per heavy atom. The van der Waals surface area contributed by atoms with Crippen LogP contribution in [-0.2, 0) is 4.79 Å². The van der Waals surface area contributed by atoms with E-state index in [4.69, 9.17) is 16.3 Å². The molecule has 0 aliphatic heterocycles. The summed E-state index contributed by atoms with van der Waals surface area (Å²) >= 11 is 5.99. The molecule has 2 N–H and O–H groups in total. The third kappa shape index (κ3) is 4.73. The summed E-state index contributed by atoms with van der Waals surface area (Å²) in [6.07, 6.45) is 0. The third-order valence-corrected chi connectivity index (χ3v) is 3.29. The largest absolute Gasteiger partial charge is 0.493 e. The van der Waals surface area contributed by atoms with Crippen molar-refractivity contribution in [3.8, 4) is 11.5 Å². The molecule has 8 heteroatoms. The summed E-state index contributed by atoms with van der Waals surface area (Å²) in [7, 11) is 1.46. The molecule has 0 bridgehead atoms. The van der Waals surface area contributed by atoms with Crippen LogP contribution in [0.4, 0.5) is 20.2 Å². The maximum atomic E-state index is 12.4. The second-order valence-corrected chi connectivity index (χ2v) is 5.00. The van der Waals surface area contributed by atoms with Gasteiger partial charge in [0, 0.05) is 0 Å². The van der Waals surface area contributed by atoms with Crippen molar-refractivity contribution in [2.45, 2.75) is 6.61 Å². The Labute approximate surface area is 142 Å². The molecule has 0 atom stereocenters. The molecule has 128 valence electrons. The number of hydrogen-bond donors (Lipinski definition) is 2. The number of nitrogens with one attached hydrogen (secondary N) is 2. The van der Waals surface area contributed by atoms with Crippen LogP contribution in [0.15, 0.2) is 42.5 Å². The van der Waals surface area contributed by atoms with Gasteiger partial charge in [-0.25, -0.2) is 0 Å². The molecule has 24 heavy (non-hydrogen) atoms. The molecule has 1 amide bonds. The lowest BCUT2D eigenvalue weighted by Crippen LogP contribution is -2.22. The number of benzene rings is 2. The SMILES string of the molecule is COc1c(Cl)cccc1NCC(=O)Nc1ccccc1OC(F)F. The van der Waals surface area contributed by atoms with Gasteiger partial charge in [-0.15, -0.1) is 0 Å². The lowest BCUT2D eigenvalue weighted by atomic mass is 10.2. The molecule has 0 saturated heterocycles. The molecule has 0 radical (unpaired) electrons. The van der Waals surface area contributed by atoms with Crippen molar-refractivity contribution in [3.63, 3.8) is 0 Å². The van der Waals surface area contributed by atoms with Crippen LogP contribution < -0.4 is 20.1 Å². The normalized spacial score (nSPS) is 10.4. The van der Waals surface area contributed by atoms with Crippen molar-refractivity contribution in [2.24, 2.45) is 0 Å². The van der Waals surface area contributed by atoms with Crippen LogP contribution in [0.3, 0.4) is 0 Å². The van der Waals surface area contributed by atoms with Gasteiger partial charge in [-0.05, 0) is 24.3 Å².